The molecule has 0 atom stereocenters. The van der Waals surface area contributed by atoms with Crippen LogP contribution in [-0.2, 0) is 0 Å². The lowest BCUT2D eigenvalue weighted by Gasteiger charge is -2.31. The van der Waals surface area contributed by atoms with Crippen molar-refractivity contribution < 1.29 is 4.39 Å². The van der Waals surface area contributed by atoms with E-state index in [1.807, 2.05) is 11.8 Å². The second-order valence-corrected chi connectivity index (χ2v) is 7.49. The summed E-state index contributed by atoms with van der Waals surface area (Å²) >= 11 is 3.96. The van der Waals surface area contributed by atoms with Crippen LogP contribution in [0.2, 0.25) is 0 Å². The van der Waals surface area contributed by atoms with E-state index in [1.54, 1.807) is 6.07 Å². The molecule has 0 amide bonds. The molecule has 2 aliphatic rings. The lowest BCUT2D eigenvalue weighted by Crippen LogP contribution is -2.30. The van der Waals surface area contributed by atoms with Gasteiger partial charge in [-0.1, -0.05) is 24.6 Å². The number of nitrogens with one attached hydrogen (secondary N) is 1. The maximum absolute atomic E-state index is 13.1. The van der Waals surface area contributed by atoms with Crippen LogP contribution < -0.4 is 5.32 Å². The molecule has 0 aromatic heterocycles. The molecule has 1 spiro atoms. The molecule has 0 bridgehead atoms. The van der Waals surface area contributed by atoms with Crippen molar-refractivity contribution in [3.05, 3.63) is 27.6 Å². The summed E-state index contributed by atoms with van der Waals surface area (Å²) in [6.45, 7) is 0.945. The number of benzene rings is 1. The van der Waals surface area contributed by atoms with Crippen LogP contribution in [0.25, 0.3) is 0 Å². The van der Waals surface area contributed by atoms with Crippen molar-refractivity contribution in [2.75, 3.05) is 17.6 Å². The molecule has 19 heavy (non-hydrogen) atoms. The van der Waals surface area contributed by atoms with Crippen LogP contribution in [-0.4, -0.2) is 17.5 Å². The molecule has 1 fully saturated rings. The van der Waals surface area contributed by atoms with Crippen LogP contribution in [0.5, 0.6) is 0 Å². The Bertz CT molecular complexity index is 512. The molecule has 1 aromatic rings. The third kappa shape index (κ3) is 3.07. The van der Waals surface area contributed by atoms with Crippen molar-refractivity contribution in [2.24, 2.45) is 10.4 Å². The lowest BCUT2D eigenvalue weighted by atomic mass is 9.89. The highest BCUT2D eigenvalue weighted by Crippen LogP contribution is 2.43. The predicted molar refractivity (Wildman–Crippen MR) is 88.4 cm³/mol. The van der Waals surface area contributed by atoms with E-state index in [4.69, 9.17) is 4.99 Å². The van der Waals surface area contributed by atoms with Crippen LogP contribution >= 0.6 is 34.4 Å². The fourth-order valence-corrected chi connectivity index (χ4v) is 4.53. The number of anilines is 1. The Kier molecular flexibility index (Phi) is 4.03. The number of aliphatic imine (C=N–C) groups is 1. The van der Waals surface area contributed by atoms with Gasteiger partial charge in [0.1, 0.15) is 5.82 Å². The Morgan fingerprint density at radius 3 is 2.74 bits per heavy atom. The van der Waals surface area contributed by atoms with Gasteiger partial charge in [-0.3, -0.25) is 4.99 Å². The molecule has 5 heteroatoms. The molecule has 0 unspecified atom stereocenters. The summed E-state index contributed by atoms with van der Waals surface area (Å²) in [6.07, 6.45) is 5.36. The van der Waals surface area contributed by atoms with Crippen molar-refractivity contribution in [1.82, 2.24) is 0 Å². The lowest BCUT2D eigenvalue weighted by molar-refractivity contribution is 0.359. The first-order valence-corrected chi connectivity index (χ1v) is 8.63. The maximum atomic E-state index is 13.1. The second kappa shape index (κ2) is 5.60. The summed E-state index contributed by atoms with van der Waals surface area (Å²) in [5, 5.41) is 4.30. The van der Waals surface area contributed by atoms with Crippen molar-refractivity contribution in [2.45, 2.75) is 25.7 Å². The average molecular weight is 390 g/mol. The minimum atomic E-state index is -0.196. The van der Waals surface area contributed by atoms with E-state index in [1.165, 1.54) is 37.8 Å². The zero-order chi connectivity index (χ0) is 13.3. The van der Waals surface area contributed by atoms with Crippen LogP contribution in [0.15, 0.2) is 23.2 Å². The zero-order valence-corrected chi connectivity index (χ0v) is 13.6. The minimum absolute atomic E-state index is 0.196. The van der Waals surface area contributed by atoms with Gasteiger partial charge in [-0.05, 0) is 59.0 Å². The van der Waals surface area contributed by atoms with Gasteiger partial charge in [-0.2, -0.15) is 0 Å². The van der Waals surface area contributed by atoms with Crippen molar-refractivity contribution in [3.8, 4) is 0 Å². The quantitative estimate of drug-likeness (QED) is 0.714. The van der Waals surface area contributed by atoms with Gasteiger partial charge in [0.05, 0.1) is 5.69 Å². The Morgan fingerprint density at radius 1 is 1.32 bits per heavy atom. The molecule has 1 heterocycles. The zero-order valence-electron chi connectivity index (χ0n) is 10.6. The first kappa shape index (κ1) is 13.7. The maximum Gasteiger partial charge on any atom is 0.161 e. The summed E-state index contributed by atoms with van der Waals surface area (Å²) in [4.78, 5) is 4.69. The van der Waals surface area contributed by atoms with Crippen molar-refractivity contribution in [3.63, 3.8) is 0 Å². The number of nitrogens with zero attached hydrogens (tertiary/aromatic N) is 1. The van der Waals surface area contributed by atoms with E-state index in [0.29, 0.717) is 5.41 Å². The van der Waals surface area contributed by atoms with Crippen molar-refractivity contribution >= 4 is 45.2 Å². The summed E-state index contributed by atoms with van der Waals surface area (Å²) in [5.41, 5.74) is 1.40. The fourth-order valence-electron chi connectivity index (χ4n) is 2.76. The highest BCUT2D eigenvalue weighted by Gasteiger charge is 2.36. The Balaban J connectivity index is 1.69. The average Bonchev–Trinajstić information content (AvgIpc) is 2.84. The van der Waals surface area contributed by atoms with Crippen molar-refractivity contribution in [1.29, 1.82) is 0 Å². The predicted octanol–water partition coefficient (Wildman–Crippen LogP) is 4.51. The van der Waals surface area contributed by atoms with Gasteiger partial charge in [-0.25, -0.2) is 4.39 Å². The van der Waals surface area contributed by atoms with E-state index < -0.39 is 0 Å². The molecule has 0 radical (unpaired) electrons. The fraction of sp³-hybridized carbons (Fsp3) is 0.500. The normalized spacial score (nSPS) is 21.5. The third-order valence-corrected chi connectivity index (χ3v) is 6.06. The number of hydrogen-bond donors (Lipinski definition) is 1. The van der Waals surface area contributed by atoms with E-state index in [2.05, 4.69) is 27.9 Å². The molecule has 3 rings (SSSR count). The Hall–Kier alpha value is -0.300. The highest BCUT2D eigenvalue weighted by atomic mass is 127. The summed E-state index contributed by atoms with van der Waals surface area (Å²) in [7, 11) is 0. The van der Waals surface area contributed by atoms with Crippen LogP contribution in [0.4, 0.5) is 10.1 Å². The van der Waals surface area contributed by atoms with Gasteiger partial charge >= 0.3 is 0 Å². The summed E-state index contributed by atoms with van der Waals surface area (Å²) in [5.74, 6) is 0.967. The number of halogens is 2. The van der Waals surface area contributed by atoms with Gasteiger partial charge < -0.3 is 5.32 Å². The van der Waals surface area contributed by atoms with Gasteiger partial charge in [0.25, 0.3) is 0 Å². The largest absolute Gasteiger partial charge is 0.334 e. The molecule has 0 saturated heterocycles. The van der Waals surface area contributed by atoms with E-state index >= 15 is 0 Å². The van der Waals surface area contributed by atoms with Crippen LogP contribution in [0, 0.1) is 14.8 Å². The second-order valence-electron chi connectivity index (χ2n) is 5.37. The number of amidine groups is 1. The minimum Gasteiger partial charge on any atom is -0.334 e. The van der Waals surface area contributed by atoms with Gasteiger partial charge in [0.2, 0.25) is 0 Å². The monoisotopic (exact) mass is 390 g/mol. The van der Waals surface area contributed by atoms with E-state index in [0.717, 1.165) is 26.7 Å². The molecule has 1 N–H and O–H groups in total. The Labute approximate surface area is 130 Å². The molecule has 1 aliphatic carbocycles. The molecule has 102 valence electrons. The molecule has 1 aromatic carbocycles. The Morgan fingerprint density at radius 2 is 2.11 bits per heavy atom. The summed E-state index contributed by atoms with van der Waals surface area (Å²) in [6, 6.07) is 4.80. The topological polar surface area (TPSA) is 24.4 Å². The number of rotatable bonds is 1. The van der Waals surface area contributed by atoms with Gasteiger partial charge in [0.15, 0.2) is 5.17 Å². The number of hydrogen-bond acceptors (Lipinski definition) is 3. The highest BCUT2D eigenvalue weighted by molar-refractivity contribution is 14.1. The van der Waals surface area contributed by atoms with Gasteiger partial charge in [-0.15, -0.1) is 0 Å². The SMILES string of the molecule is Fc1ccc(NC2=NCC3(CCCC3)CS2)c(I)c1. The van der Waals surface area contributed by atoms with Crippen LogP contribution in [0.3, 0.4) is 0 Å². The molecular formula is C14H16FIN2S. The molecular weight excluding hydrogens is 374 g/mol. The number of thioether (sulfide) groups is 1. The molecule has 1 saturated carbocycles. The standard InChI is InChI=1S/C14H16FIN2S/c15-10-3-4-12(11(16)7-10)18-13-17-8-14(9-19-13)5-1-2-6-14/h3-4,7H,1-2,5-6,8-9H2,(H,17,18). The molecule has 1 aliphatic heterocycles. The van der Waals surface area contributed by atoms with E-state index in [-0.39, 0.29) is 5.82 Å². The van der Waals surface area contributed by atoms with Crippen LogP contribution in [0.1, 0.15) is 25.7 Å². The first-order valence-electron chi connectivity index (χ1n) is 6.56. The first-order chi connectivity index (χ1) is 9.17. The molecule has 2 nitrogen and oxygen atoms in total. The third-order valence-electron chi connectivity index (χ3n) is 3.91. The van der Waals surface area contributed by atoms with E-state index in [9.17, 15) is 4.39 Å². The summed E-state index contributed by atoms with van der Waals surface area (Å²) < 4.78 is 13.9. The van der Waals surface area contributed by atoms with Gasteiger partial charge in [0, 0.05) is 15.9 Å². The smallest absolute Gasteiger partial charge is 0.161 e.